The molecule has 1 saturated carbocycles. The predicted octanol–water partition coefficient (Wildman–Crippen LogP) is 2.30. The summed E-state index contributed by atoms with van der Waals surface area (Å²) in [5, 5.41) is 3.26. The number of nitrogens with zero attached hydrogens (tertiary/aromatic N) is 1. The zero-order valence-electron chi connectivity index (χ0n) is 11.5. The van der Waals surface area contributed by atoms with E-state index >= 15 is 0 Å². The van der Waals surface area contributed by atoms with E-state index in [-0.39, 0.29) is 0 Å². The molecule has 3 N–H and O–H groups in total. The van der Waals surface area contributed by atoms with Gasteiger partial charge in [0.25, 0.3) is 0 Å². The molecule has 1 aromatic rings. The van der Waals surface area contributed by atoms with Crippen molar-refractivity contribution >= 4 is 17.5 Å². The Morgan fingerprint density at radius 1 is 1.58 bits per heavy atom. The molecule has 5 nitrogen and oxygen atoms in total. The van der Waals surface area contributed by atoms with E-state index in [0.29, 0.717) is 23.0 Å². The van der Waals surface area contributed by atoms with Gasteiger partial charge >= 0.3 is 5.97 Å². The lowest BCUT2D eigenvalue weighted by Crippen LogP contribution is -2.19. The fraction of sp³-hybridized carbons (Fsp3) is 0.571. The lowest BCUT2D eigenvalue weighted by atomic mass is 9.98. The van der Waals surface area contributed by atoms with Gasteiger partial charge in [-0.1, -0.05) is 19.8 Å². The number of methoxy groups -OCH3 is 1. The highest BCUT2D eigenvalue weighted by atomic mass is 16.5. The van der Waals surface area contributed by atoms with Crippen LogP contribution in [0.15, 0.2) is 12.3 Å². The molecule has 2 rings (SSSR count). The van der Waals surface area contributed by atoms with Gasteiger partial charge in [-0.2, -0.15) is 0 Å². The maximum Gasteiger partial charge on any atom is 0.341 e. The molecule has 1 aliphatic rings. The summed E-state index contributed by atoms with van der Waals surface area (Å²) in [6, 6.07) is 1.60. The number of anilines is 2. The second-order valence-corrected chi connectivity index (χ2v) is 5.21. The first-order chi connectivity index (χ1) is 9.11. The number of pyridine rings is 1. The van der Waals surface area contributed by atoms with E-state index in [2.05, 4.69) is 17.2 Å². The summed E-state index contributed by atoms with van der Waals surface area (Å²) in [5.74, 6) is 1.51. The minimum Gasteiger partial charge on any atom is -0.465 e. The molecule has 1 heterocycles. The van der Waals surface area contributed by atoms with Crippen LogP contribution >= 0.6 is 0 Å². The van der Waals surface area contributed by atoms with Gasteiger partial charge in [0.05, 0.1) is 19.0 Å². The number of nitrogens with one attached hydrogen (secondary N) is 1. The molecule has 0 aromatic carbocycles. The van der Waals surface area contributed by atoms with Crippen molar-refractivity contribution in [1.82, 2.24) is 4.98 Å². The Kier molecular flexibility index (Phi) is 4.24. The molecule has 0 aliphatic heterocycles. The standard InChI is InChI=1S/C14H21N3O2/c1-9-4-3-5-10(9)7-16-13-12(14(18)19-2)6-11(15)8-17-13/h6,8-10H,3-5,7,15H2,1-2H3,(H,16,17). The van der Waals surface area contributed by atoms with Crippen LogP contribution in [0.3, 0.4) is 0 Å². The van der Waals surface area contributed by atoms with Gasteiger partial charge in [0.15, 0.2) is 0 Å². The Labute approximate surface area is 113 Å². The first kappa shape index (κ1) is 13.6. The van der Waals surface area contributed by atoms with Crippen molar-refractivity contribution in [1.29, 1.82) is 0 Å². The van der Waals surface area contributed by atoms with Crippen molar-refractivity contribution in [3.63, 3.8) is 0 Å². The summed E-state index contributed by atoms with van der Waals surface area (Å²) in [6.45, 7) is 3.11. The van der Waals surface area contributed by atoms with Crippen molar-refractivity contribution < 1.29 is 9.53 Å². The fourth-order valence-corrected chi connectivity index (χ4v) is 2.64. The van der Waals surface area contributed by atoms with E-state index in [1.807, 2.05) is 0 Å². The molecule has 5 heteroatoms. The number of rotatable bonds is 4. The van der Waals surface area contributed by atoms with Crippen LogP contribution in [-0.4, -0.2) is 24.6 Å². The smallest absolute Gasteiger partial charge is 0.341 e. The predicted molar refractivity (Wildman–Crippen MR) is 75.0 cm³/mol. The Hall–Kier alpha value is -1.78. The number of ether oxygens (including phenoxy) is 1. The molecule has 104 valence electrons. The molecular weight excluding hydrogens is 242 g/mol. The number of nitrogens with two attached hydrogens (primary N) is 1. The summed E-state index contributed by atoms with van der Waals surface area (Å²) in [4.78, 5) is 15.9. The van der Waals surface area contributed by atoms with E-state index < -0.39 is 5.97 Å². The van der Waals surface area contributed by atoms with Gasteiger partial charge in [0.1, 0.15) is 11.4 Å². The highest BCUT2D eigenvalue weighted by Crippen LogP contribution is 2.31. The van der Waals surface area contributed by atoms with Gasteiger partial charge < -0.3 is 15.8 Å². The Bertz CT molecular complexity index is 462. The molecule has 0 radical (unpaired) electrons. The number of carbonyl (C=O) groups is 1. The first-order valence-electron chi connectivity index (χ1n) is 6.69. The molecule has 1 fully saturated rings. The third-order valence-electron chi connectivity index (χ3n) is 3.88. The van der Waals surface area contributed by atoms with Crippen LogP contribution in [0.25, 0.3) is 0 Å². The van der Waals surface area contributed by atoms with Crippen LogP contribution in [0.1, 0.15) is 36.5 Å². The van der Waals surface area contributed by atoms with Crippen molar-refractivity contribution in [2.45, 2.75) is 26.2 Å². The number of carbonyl (C=O) groups excluding carboxylic acids is 1. The first-order valence-corrected chi connectivity index (χ1v) is 6.69. The molecule has 0 saturated heterocycles. The van der Waals surface area contributed by atoms with Crippen LogP contribution in [0, 0.1) is 11.8 Å². The molecule has 1 aromatic heterocycles. The number of hydrogen-bond acceptors (Lipinski definition) is 5. The molecule has 19 heavy (non-hydrogen) atoms. The van der Waals surface area contributed by atoms with E-state index in [1.165, 1.54) is 26.4 Å². The quantitative estimate of drug-likeness (QED) is 0.815. The highest BCUT2D eigenvalue weighted by molar-refractivity contribution is 5.95. The molecule has 0 bridgehead atoms. The normalized spacial score (nSPS) is 22.2. The van der Waals surface area contributed by atoms with Crippen molar-refractivity contribution in [2.24, 2.45) is 11.8 Å². The molecule has 1 aliphatic carbocycles. The SMILES string of the molecule is COC(=O)c1cc(N)cnc1NCC1CCCC1C. The van der Waals surface area contributed by atoms with Crippen molar-refractivity contribution in [3.8, 4) is 0 Å². The monoisotopic (exact) mass is 263 g/mol. The van der Waals surface area contributed by atoms with Gasteiger partial charge in [-0.3, -0.25) is 0 Å². The topological polar surface area (TPSA) is 77.2 Å². The van der Waals surface area contributed by atoms with Crippen LogP contribution < -0.4 is 11.1 Å². The van der Waals surface area contributed by atoms with E-state index in [1.54, 1.807) is 12.3 Å². The van der Waals surface area contributed by atoms with Crippen LogP contribution in [0.4, 0.5) is 11.5 Å². The Morgan fingerprint density at radius 3 is 3.00 bits per heavy atom. The molecule has 0 spiro atoms. The lowest BCUT2D eigenvalue weighted by Gasteiger charge is -2.17. The van der Waals surface area contributed by atoms with Crippen LogP contribution in [-0.2, 0) is 4.74 Å². The Balaban J connectivity index is 2.08. The fourth-order valence-electron chi connectivity index (χ4n) is 2.64. The van der Waals surface area contributed by atoms with Gasteiger partial charge in [0, 0.05) is 6.54 Å². The zero-order valence-corrected chi connectivity index (χ0v) is 11.5. The minimum atomic E-state index is -0.415. The summed E-state index contributed by atoms with van der Waals surface area (Å²) >= 11 is 0. The number of aromatic nitrogens is 1. The third kappa shape index (κ3) is 3.16. The highest BCUT2D eigenvalue weighted by Gasteiger charge is 2.23. The van der Waals surface area contributed by atoms with Gasteiger partial charge in [-0.25, -0.2) is 9.78 Å². The lowest BCUT2D eigenvalue weighted by molar-refractivity contribution is 0.0601. The van der Waals surface area contributed by atoms with Gasteiger partial charge in [-0.15, -0.1) is 0 Å². The zero-order chi connectivity index (χ0) is 13.8. The summed E-state index contributed by atoms with van der Waals surface area (Å²) in [5.41, 5.74) is 6.52. The minimum absolute atomic E-state index is 0.396. The average Bonchev–Trinajstić information content (AvgIpc) is 2.82. The number of hydrogen-bond donors (Lipinski definition) is 2. The summed E-state index contributed by atoms with van der Waals surface area (Å²) in [7, 11) is 1.36. The van der Waals surface area contributed by atoms with Gasteiger partial charge in [0.2, 0.25) is 0 Å². The van der Waals surface area contributed by atoms with E-state index in [0.717, 1.165) is 12.5 Å². The Morgan fingerprint density at radius 2 is 2.37 bits per heavy atom. The van der Waals surface area contributed by atoms with Crippen molar-refractivity contribution in [2.75, 3.05) is 24.7 Å². The number of nitrogen functional groups attached to an aromatic ring is 1. The molecule has 2 atom stereocenters. The van der Waals surface area contributed by atoms with Crippen LogP contribution in [0.5, 0.6) is 0 Å². The average molecular weight is 263 g/mol. The maximum absolute atomic E-state index is 11.7. The summed E-state index contributed by atoms with van der Waals surface area (Å²) < 4.78 is 4.75. The van der Waals surface area contributed by atoms with Gasteiger partial charge in [-0.05, 0) is 24.3 Å². The second-order valence-electron chi connectivity index (χ2n) is 5.21. The largest absolute Gasteiger partial charge is 0.465 e. The number of esters is 1. The molecule has 2 unspecified atom stereocenters. The van der Waals surface area contributed by atoms with Crippen LogP contribution in [0.2, 0.25) is 0 Å². The maximum atomic E-state index is 11.7. The summed E-state index contributed by atoms with van der Waals surface area (Å²) in [6.07, 6.45) is 5.35. The second kappa shape index (κ2) is 5.91. The molecular formula is C14H21N3O2. The third-order valence-corrected chi connectivity index (χ3v) is 3.88. The van der Waals surface area contributed by atoms with E-state index in [4.69, 9.17) is 10.5 Å². The molecule has 0 amide bonds. The van der Waals surface area contributed by atoms with Crippen molar-refractivity contribution in [3.05, 3.63) is 17.8 Å². The van der Waals surface area contributed by atoms with E-state index in [9.17, 15) is 4.79 Å².